The monoisotopic (exact) mass is 229 g/mol. The highest BCUT2D eigenvalue weighted by molar-refractivity contribution is 5.65. The van der Waals surface area contributed by atoms with Crippen molar-refractivity contribution < 1.29 is 4.39 Å². The molecule has 0 atom stereocenters. The summed E-state index contributed by atoms with van der Waals surface area (Å²) >= 11 is 0. The van der Waals surface area contributed by atoms with Gasteiger partial charge in [0, 0.05) is 12.1 Å². The fraction of sp³-hybridized carbons (Fsp3) is 0.200. The van der Waals surface area contributed by atoms with E-state index in [9.17, 15) is 4.39 Å². The van der Waals surface area contributed by atoms with E-state index in [1.165, 1.54) is 11.6 Å². The van der Waals surface area contributed by atoms with E-state index in [-0.39, 0.29) is 5.82 Å². The second kappa shape index (κ2) is 5.11. The standard InChI is InChI=1S/C15H16FN/c1-2-11-3-6-13(7-4-11)14-9-12(10-17)5-8-15(14)16/h3-9H,2,10,17H2,1H3. The highest BCUT2D eigenvalue weighted by Gasteiger charge is 2.05. The van der Waals surface area contributed by atoms with Gasteiger partial charge in [0.1, 0.15) is 5.82 Å². The molecule has 1 nitrogen and oxygen atoms in total. The molecule has 0 aromatic heterocycles. The van der Waals surface area contributed by atoms with Crippen LogP contribution < -0.4 is 5.73 Å². The van der Waals surface area contributed by atoms with E-state index >= 15 is 0 Å². The summed E-state index contributed by atoms with van der Waals surface area (Å²) in [5, 5.41) is 0. The van der Waals surface area contributed by atoms with E-state index in [4.69, 9.17) is 5.73 Å². The van der Waals surface area contributed by atoms with Gasteiger partial charge in [-0.15, -0.1) is 0 Å². The van der Waals surface area contributed by atoms with Gasteiger partial charge in [-0.05, 0) is 35.2 Å². The van der Waals surface area contributed by atoms with Gasteiger partial charge in [-0.3, -0.25) is 0 Å². The second-order valence-electron chi connectivity index (χ2n) is 4.07. The number of nitrogens with two attached hydrogens (primary N) is 1. The Labute approximate surface area is 101 Å². The van der Waals surface area contributed by atoms with Crippen LogP contribution >= 0.6 is 0 Å². The Morgan fingerprint density at radius 2 is 1.65 bits per heavy atom. The van der Waals surface area contributed by atoms with Gasteiger partial charge in [0.25, 0.3) is 0 Å². The number of rotatable bonds is 3. The fourth-order valence-corrected chi connectivity index (χ4v) is 1.84. The molecule has 0 aliphatic rings. The van der Waals surface area contributed by atoms with Gasteiger partial charge >= 0.3 is 0 Å². The minimum atomic E-state index is -0.202. The van der Waals surface area contributed by atoms with Crippen LogP contribution in [0.1, 0.15) is 18.1 Å². The van der Waals surface area contributed by atoms with E-state index in [2.05, 4.69) is 6.92 Å². The van der Waals surface area contributed by atoms with Crippen molar-refractivity contribution in [3.05, 3.63) is 59.4 Å². The predicted octanol–water partition coefficient (Wildman–Crippen LogP) is 3.51. The molecule has 2 heteroatoms. The lowest BCUT2D eigenvalue weighted by Gasteiger charge is -2.06. The zero-order chi connectivity index (χ0) is 12.3. The van der Waals surface area contributed by atoms with Crippen LogP contribution in [0.3, 0.4) is 0 Å². The lowest BCUT2D eigenvalue weighted by atomic mass is 10.0. The summed E-state index contributed by atoms with van der Waals surface area (Å²) in [5.74, 6) is -0.202. The molecule has 17 heavy (non-hydrogen) atoms. The molecule has 0 saturated carbocycles. The number of benzene rings is 2. The van der Waals surface area contributed by atoms with Gasteiger partial charge < -0.3 is 5.73 Å². The van der Waals surface area contributed by atoms with Crippen LogP contribution in [-0.2, 0) is 13.0 Å². The number of aryl methyl sites for hydroxylation is 1. The molecule has 2 N–H and O–H groups in total. The summed E-state index contributed by atoms with van der Waals surface area (Å²) in [6.07, 6.45) is 0.992. The Morgan fingerprint density at radius 1 is 1.00 bits per heavy atom. The first-order chi connectivity index (χ1) is 8.24. The predicted molar refractivity (Wildman–Crippen MR) is 69.1 cm³/mol. The van der Waals surface area contributed by atoms with Crippen molar-refractivity contribution in [3.8, 4) is 11.1 Å². The summed E-state index contributed by atoms with van der Waals surface area (Å²) in [5.41, 5.74) is 9.29. The molecular weight excluding hydrogens is 213 g/mol. The lowest BCUT2D eigenvalue weighted by molar-refractivity contribution is 0.630. The summed E-state index contributed by atoms with van der Waals surface area (Å²) in [4.78, 5) is 0. The maximum absolute atomic E-state index is 13.7. The van der Waals surface area contributed by atoms with Gasteiger partial charge in [0.15, 0.2) is 0 Å². The molecule has 88 valence electrons. The maximum atomic E-state index is 13.7. The molecule has 0 radical (unpaired) electrons. The molecule has 0 unspecified atom stereocenters. The van der Waals surface area contributed by atoms with Crippen LogP contribution in [0.15, 0.2) is 42.5 Å². The maximum Gasteiger partial charge on any atom is 0.131 e. The van der Waals surface area contributed by atoms with E-state index in [0.29, 0.717) is 12.1 Å². The lowest BCUT2D eigenvalue weighted by Crippen LogP contribution is -1.97. The fourth-order valence-electron chi connectivity index (χ4n) is 1.84. The molecular formula is C15H16FN. The van der Waals surface area contributed by atoms with Crippen LogP contribution in [0.5, 0.6) is 0 Å². The Morgan fingerprint density at radius 3 is 2.24 bits per heavy atom. The minimum absolute atomic E-state index is 0.202. The van der Waals surface area contributed by atoms with Crippen molar-refractivity contribution in [3.63, 3.8) is 0 Å². The van der Waals surface area contributed by atoms with E-state index in [1.54, 1.807) is 6.07 Å². The summed E-state index contributed by atoms with van der Waals surface area (Å²) in [6, 6.07) is 13.0. The average Bonchev–Trinajstić information content (AvgIpc) is 2.39. The average molecular weight is 229 g/mol. The van der Waals surface area contributed by atoms with Crippen molar-refractivity contribution in [1.29, 1.82) is 0 Å². The van der Waals surface area contributed by atoms with Crippen LogP contribution in [0.25, 0.3) is 11.1 Å². The molecule has 2 aromatic rings. The topological polar surface area (TPSA) is 26.0 Å². The molecule has 0 amide bonds. The summed E-state index contributed by atoms with van der Waals surface area (Å²) in [7, 11) is 0. The van der Waals surface area contributed by atoms with Gasteiger partial charge in [-0.1, -0.05) is 37.3 Å². The highest BCUT2D eigenvalue weighted by Crippen LogP contribution is 2.24. The molecule has 0 saturated heterocycles. The first-order valence-corrected chi connectivity index (χ1v) is 5.82. The molecule has 0 heterocycles. The van der Waals surface area contributed by atoms with Crippen molar-refractivity contribution >= 4 is 0 Å². The zero-order valence-corrected chi connectivity index (χ0v) is 9.91. The molecule has 2 rings (SSSR count). The third-order valence-electron chi connectivity index (χ3n) is 2.94. The van der Waals surface area contributed by atoms with Gasteiger partial charge in [-0.25, -0.2) is 4.39 Å². The van der Waals surface area contributed by atoms with Crippen LogP contribution in [-0.4, -0.2) is 0 Å². The number of hydrogen-bond donors (Lipinski definition) is 1. The molecule has 0 spiro atoms. The van der Waals surface area contributed by atoms with Crippen molar-refractivity contribution in [2.24, 2.45) is 5.73 Å². The van der Waals surface area contributed by atoms with Crippen molar-refractivity contribution in [1.82, 2.24) is 0 Å². The number of halogens is 1. The Bertz CT molecular complexity index is 503. The van der Waals surface area contributed by atoms with E-state index in [1.807, 2.05) is 30.3 Å². The van der Waals surface area contributed by atoms with Crippen LogP contribution in [0.4, 0.5) is 4.39 Å². The first kappa shape index (κ1) is 11.8. The van der Waals surface area contributed by atoms with Crippen molar-refractivity contribution in [2.45, 2.75) is 19.9 Å². The third kappa shape index (κ3) is 2.53. The molecule has 0 bridgehead atoms. The third-order valence-corrected chi connectivity index (χ3v) is 2.94. The Balaban J connectivity index is 2.43. The summed E-state index contributed by atoms with van der Waals surface area (Å²) < 4.78 is 13.7. The van der Waals surface area contributed by atoms with E-state index < -0.39 is 0 Å². The Kier molecular flexibility index (Phi) is 3.55. The van der Waals surface area contributed by atoms with Crippen LogP contribution in [0.2, 0.25) is 0 Å². The molecule has 0 fully saturated rings. The highest BCUT2D eigenvalue weighted by atomic mass is 19.1. The summed E-state index contributed by atoms with van der Waals surface area (Å²) in [6.45, 7) is 2.53. The molecule has 0 aliphatic heterocycles. The Hall–Kier alpha value is -1.67. The van der Waals surface area contributed by atoms with Gasteiger partial charge in [0.05, 0.1) is 0 Å². The first-order valence-electron chi connectivity index (χ1n) is 5.82. The van der Waals surface area contributed by atoms with Gasteiger partial charge in [-0.2, -0.15) is 0 Å². The smallest absolute Gasteiger partial charge is 0.131 e. The van der Waals surface area contributed by atoms with Crippen LogP contribution in [0, 0.1) is 5.82 Å². The minimum Gasteiger partial charge on any atom is -0.326 e. The normalized spacial score (nSPS) is 10.5. The van der Waals surface area contributed by atoms with Crippen molar-refractivity contribution in [2.75, 3.05) is 0 Å². The second-order valence-corrected chi connectivity index (χ2v) is 4.07. The molecule has 2 aromatic carbocycles. The van der Waals surface area contributed by atoms with E-state index in [0.717, 1.165) is 17.5 Å². The largest absolute Gasteiger partial charge is 0.326 e. The number of hydrogen-bond acceptors (Lipinski definition) is 1. The van der Waals surface area contributed by atoms with Gasteiger partial charge in [0.2, 0.25) is 0 Å². The molecule has 0 aliphatic carbocycles. The quantitative estimate of drug-likeness (QED) is 0.856. The zero-order valence-electron chi connectivity index (χ0n) is 9.91. The SMILES string of the molecule is CCc1ccc(-c2cc(CN)ccc2F)cc1.